The number of fused-ring (bicyclic) bond motifs is 1. The fourth-order valence-corrected chi connectivity index (χ4v) is 2.97. The lowest BCUT2D eigenvalue weighted by Gasteiger charge is -2.13. The summed E-state index contributed by atoms with van der Waals surface area (Å²) in [5.41, 5.74) is 3.70. The molecule has 4 rings (SSSR count). The molecule has 0 unspecified atom stereocenters. The van der Waals surface area contributed by atoms with E-state index < -0.39 is 0 Å². The lowest BCUT2D eigenvalue weighted by molar-refractivity contribution is 0.0936. The van der Waals surface area contributed by atoms with Crippen molar-refractivity contribution < 1.29 is 4.79 Å². The predicted molar refractivity (Wildman–Crippen MR) is 92.7 cm³/mol. The number of benzene rings is 2. The van der Waals surface area contributed by atoms with Gasteiger partial charge in [-0.3, -0.25) is 4.79 Å². The number of hydrogen-bond donors (Lipinski definition) is 1. The topological polar surface area (TPSA) is 59.8 Å². The summed E-state index contributed by atoms with van der Waals surface area (Å²) in [5, 5.41) is 11.4. The standard InChI is InChI=1S/C19H20N4O/c1-13(15-10-11-15)20-19(24)16-8-6-14(7-9-16)12-23-18-5-3-2-4-17(18)21-22-23/h2-9,13,15H,10-12H2,1H3,(H,20,24)/t13-/m1/s1. The van der Waals surface area contributed by atoms with Crippen molar-refractivity contribution in [1.29, 1.82) is 0 Å². The lowest BCUT2D eigenvalue weighted by Crippen LogP contribution is -2.33. The highest BCUT2D eigenvalue weighted by atomic mass is 16.1. The van der Waals surface area contributed by atoms with Gasteiger partial charge in [-0.15, -0.1) is 5.10 Å². The Morgan fingerprint density at radius 2 is 1.96 bits per heavy atom. The minimum Gasteiger partial charge on any atom is -0.349 e. The summed E-state index contributed by atoms with van der Waals surface area (Å²) in [7, 11) is 0. The largest absolute Gasteiger partial charge is 0.349 e. The van der Waals surface area contributed by atoms with Crippen LogP contribution in [0.4, 0.5) is 0 Å². The van der Waals surface area contributed by atoms with Crippen molar-refractivity contribution in [1.82, 2.24) is 20.3 Å². The van der Waals surface area contributed by atoms with Crippen LogP contribution in [0.15, 0.2) is 48.5 Å². The number of rotatable bonds is 5. The zero-order valence-electron chi connectivity index (χ0n) is 13.6. The van der Waals surface area contributed by atoms with E-state index in [1.54, 1.807) is 0 Å². The Hall–Kier alpha value is -2.69. The Kier molecular flexibility index (Phi) is 3.76. The Labute approximate surface area is 140 Å². The van der Waals surface area contributed by atoms with Crippen molar-refractivity contribution in [2.45, 2.75) is 32.4 Å². The van der Waals surface area contributed by atoms with Gasteiger partial charge in [0.25, 0.3) is 5.91 Å². The third-order valence-corrected chi connectivity index (χ3v) is 4.66. The van der Waals surface area contributed by atoms with Gasteiger partial charge in [0.2, 0.25) is 0 Å². The van der Waals surface area contributed by atoms with Crippen LogP contribution in [0.5, 0.6) is 0 Å². The van der Waals surface area contributed by atoms with Gasteiger partial charge in [0, 0.05) is 11.6 Å². The van der Waals surface area contributed by atoms with Crippen LogP contribution >= 0.6 is 0 Å². The minimum atomic E-state index is 0.00663. The van der Waals surface area contributed by atoms with Crippen molar-refractivity contribution in [3.63, 3.8) is 0 Å². The molecule has 5 nitrogen and oxygen atoms in total. The summed E-state index contributed by atoms with van der Waals surface area (Å²) in [4.78, 5) is 12.3. The van der Waals surface area contributed by atoms with Crippen LogP contribution in [0.3, 0.4) is 0 Å². The average molecular weight is 320 g/mol. The Morgan fingerprint density at radius 1 is 1.21 bits per heavy atom. The van der Waals surface area contributed by atoms with E-state index in [0.717, 1.165) is 16.6 Å². The molecule has 0 saturated heterocycles. The highest BCUT2D eigenvalue weighted by Crippen LogP contribution is 2.32. The SMILES string of the molecule is C[C@@H](NC(=O)c1ccc(Cn2nnc3ccccc32)cc1)C1CC1. The first-order valence-corrected chi connectivity index (χ1v) is 8.39. The molecule has 3 aromatic rings. The molecule has 1 aliphatic carbocycles. The van der Waals surface area contributed by atoms with E-state index in [0.29, 0.717) is 18.0 Å². The van der Waals surface area contributed by atoms with Crippen LogP contribution in [0, 0.1) is 5.92 Å². The smallest absolute Gasteiger partial charge is 0.251 e. The van der Waals surface area contributed by atoms with Gasteiger partial charge in [0.05, 0.1) is 12.1 Å². The highest BCUT2D eigenvalue weighted by Gasteiger charge is 2.29. The maximum atomic E-state index is 12.3. The highest BCUT2D eigenvalue weighted by molar-refractivity contribution is 5.94. The third kappa shape index (κ3) is 3.02. The molecular weight excluding hydrogens is 300 g/mol. The second-order valence-corrected chi connectivity index (χ2v) is 6.53. The summed E-state index contributed by atoms with van der Waals surface area (Å²) in [5.74, 6) is 0.668. The van der Waals surface area contributed by atoms with Crippen molar-refractivity contribution in [2.75, 3.05) is 0 Å². The van der Waals surface area contributed by atoms with Gasteiger partial charge in [0.15, 0.2) is 0 Å². The molecule has 1 saturated carbocycles. The molecule has 0 bridgehead atoms. The molecule has 1 aliphatic rings. The van der Waals surface area contributed by atoms with E-state index in [-0.39, 0.29) is 11.9 Å². The maximum Gasteiger partial charge on any atom is 0.251 e. The summed E-state index contributed by atoms with van der Waals surface area (Å²) < 4.78 is 1.87. The quantitative estimate of drug-likeness (QED) is 0.786. The summed E-state index contributed by atoms with van der Waals surface area (Å²) in [6, 6.07) is 15.9. The molecular formula is C19H20N4O. The van der Waals surface area contributed by atoms with Crippen molar-refractivity contribution in [2.24, 2.45) is 5.92 Å². The second kappa shape index (κ2) is 6.07. The first-order valence-electron chi connectivity index (χ1n) is 8.39. The molecule has 2 aromatic carbocycles. The molecule has 1 atom stereocenters. The van der Waals surface area contributed by atoms with Crippen LogP contribution in [0.2, 0.25) is 0 Å². The number of carbonyl (C=O) groups is 1. The summed E-state index contributed by atoms with van der Waals surface area (Å²) in [6.07, 6.45) is 2.46. The summed E-state index contributed by atoms with van der Waals surface area (Å²) in [6.45, 7) is 2.72. The zero-order valence-corrected chi connectivity index (χ0v) is 13.6. The number of nitrogens with one attached hydrogen (secondary N) is 1. The van der Waals surface area contributed by atoms with Gasteiger partial charge in [0.1, 0.15) is 5.52 Å². The van der Waals surface area contributed by atoms with E-state index in [2.05, 4.69) is 22.6 Å². The molecule has 24 heavy (non-hydrogen) atoms. The van der Waals surface area contributed by atoms with Crippen molar-refractivity contribution in [3.05, 3.63) is 59.7 Å². The van der Waals surface area contributed by atoms with Gasteiger partial charge in [-0.05, 0) is 55.5 Å². The number of amides is 1. The molecule has 0 radical (unpaired) electrons. The Morgan fingerprint density at radius 3 is 2.71 bits per heavy atom. The van der Waals surface area contributed by atoms with Gasteiger partial charge >= 0.3 is 0 Å². The van der Waals surface area contributed by atoms with Crippen LogP contribution in [0.25, 0.3) is 11.0 Å². The molecule has 0 aliphatic heterocycles. The molecule has 1 heterocycles. The summed E-state index contributed by atoms with van der Waals surface area (Å²) >= 11 is 0. The van der Waals surface area contributed by atoms with Gasteiger partial charge in [-0.25, -0.2) is 4.68 Å². The number of carbonyl (C=O) groups excluding carboxylic acids is 1. The van der Waals surface area contributed by atoms with E-state index in [1.807, 2.05) is 53.2 Å². The molecule has 122 valence electrons. The number of nitrogens with zero attached hydrogens (tertiary/aromatic N) is 3. The fourth-order valence-electron chi connectivity index (χ4n) is 2.97. The van der Waals surface area contributed by atoms with Crippen LogP contribution in [0.1, 0.15) is 35.7 Å². The van der Waals surface area contributed by atoms with E-state index in [9.17, 15) is 4.79 Å². The Bertz CT molecular complexity index is 864. The Balaban J connectivity index is 1.46. The molecule has 0 spiro atoms. The number of para-hydroxylation sites is 1. The first kappa shape index (κ1) is 14.9. The monoisotopic (exact) mass is 320 g/mol. The third-order valence-electron chi connectivity index (χ3n) is 4.66. The van der Waals surface area contributed by atoms with Gasteiger partial charge in [-0.2, -0.15) is 0 Å². The van der Waals surface area contributed by atoms with Gasteiger partial charge in [-0.1, -0.05) is 29.5 Å². The molecule has 1 N–H and O–H groups in total. The van der Waals surface area contributed by atoms with Crippen LogP contribution in [-0.2, 0) is 6.54 Å². The minimum absolute atomic E-state index is 0.00663. The van der Waals surface area contributed by atoms with Crippen LogP contribution < -0.4 is 5.32 Å². The normalized spacial score (nSPS) is 15.4. The second-order valence-electron chi connectivity index (χ2n) is 6.53. The fraction of sp³-hybridized carbons (Fsp3) is 0.316. The van der Waals surface area contributed by atoms with Crippen molar-refractivity contribution in [3.8, 4) is 0 Å². The maximum absolute atomic E-state index is 12.3. The van der Waals surface area contributed by atoms with Gasteiger partial charge < -0.3 is 5.32 Å². The number of aromatic nitrogens is 3. The van der Waals surface area contributed by atoms with Crippen LogP contribution in [-0.4, -0.2) is 26.9 Å². The van der Waals surface area contributed by atoms with E-state index in [1.165, 1.54) is 12.8 Å². The zero-order chi connectivity index (χ0) is 16.5. The van der Waals surface area contributed by atoms with E-state index in [4.69, 9.17) is 0 Å². The molecule has 5 heteroatoms. The average Bonchev–Trinajstić information content (AvgIpc) is 3.38. The lowest BCUT2D eigenvalue weighted by atomic mass is 10.1. The van der Waals surface area contributed by atoms with Crippen molar-refractivity contribution >= 4 is 16.9 Å². The predicted octanol–water partition coefficient (Wildman–Crippen LogP) is 3.01. The van der Waals surface area contributed by atoms with E-state index >= 15 is 0 Å². The first-order chi connectivity index (χ1) is 11.7. The molecule has 1 amide bonds. The number of hydrogen-bond acceptors (Lipinski definition) is 3. The molecule has 1 aromatic heterocycles. The molecule has 1 fully saturated rings.